The monoisotopic (exact) mass is 324 g/mol. The minimum Gasteiger partial charge on any atom is -0.389 e. The highest BCUT2D eigenvalue weighted by Crippen LogP contribution is 2.23. The third kappa shape index (κ3) is 3.20. The van der Waals surface area contributed by atoms with Gasteiger partial charge in [0, 0.05) is 12.6 Å². The zero-order valence-electron chi connectivity index (χ0n) is 11.2. The molecule has 0 fully saturated rings. The summed E-state index contributed by atoms with van der Waals surface area (Å²) in [5.74, 6) is -0.610. The molecule has 0 saturated carbocycles. The highest BCUT2D eigenvalue weighted by Gasteiger charge is 2.22. The molecule has 0 aliphatic carbocycles. The summed E-state index contributed by atoms with van der Waals surface area (Å²) in [6, 6.07) is 11.4. The number of benzene rings is 2. The van der Waals surface area contributed by atoms with Crippen LogP contribution >= 0.6 is 12.2 Å². The molecule has 0 unspecified atom stereocenters. The molecule has 2 N–H and O–H groups in total. The normalized spacial score (nSPS) is 11.1. The van der Waals surface area contributed by atoms with Gasteiger partial charge >= 0.3 is 0 Å². The number of hydrogen-bond donors (Lipinski definition) is 1. The summed E-state index contributed by atoms with van der Waals surface area (Å²) in [5.41, 5.74) is 6.49. The van der Waals surface area contributed by atoms with Gasteiger partial charge in [0.05, 0.1) is 10.6 Å². The Morgan fingerprint density at radius 3 is 2.48 bits per heavy atom. The number of hydrogen-bond acceptors (Lipinski definition) is 3. The average Bonchev–Trinajstić information content (AvgIpc) is 2.46. The zero-order chi connectivity index (χ0) is 15.6. The second kappa shape index (κ2) is 5.79. The van der Waals surface area contributed by atoms with E-state index in [4.69, 9.17) is 18.0 Å². The van der Waals surface area contributed by atoms with Crippen molar-refractivity contribution >= 4 is 32.9 Å². The van der Waals surface area contributed by atoms with E-state index < -0.39 is 15.8 Å². The molecule has 2 aromatic carbocycles. The van der Waals surface area contributed by atoms with E-state index >= 15 is 0 Å². The van der Waals surface area contributed by atoms with Gasteiger partial charge in [-0.2, -0.15) is 0 Å². The van der Waals surface area contributed by atoms with Crippen LogP contribution < -0.4 is 10.0 Å². The molecular weight excluding hydrogens is 311 g/mol. The van der Waals surface area contributed by atoms with Crippen LogP contribution in [0.4, 0.5) is 10.1 Å². The Balaban J connectivity index is 2.45. The largest absolute Gasteiger partial charge is 0.389 e. The molecule has 0 saturated heterocycles. The molecule has 0 aliphatic heterocycles. The number of anilines is 1. The lowest BCUT2D eigenvalue weighted by Gasteiger charge is -2.20. The summed E-state index contributed by atoms with van der Waals surface area (Å²) < 4.78 is 39.2. The highest BCUT2D eigenvalue weighted by molar-refractivity contribution is 7.92. The molecule has 7 heteroatoms. The predicted molar refractivity (Wildman–Crippen MR) is 84.3 cm³/mol. The lowest BCUT2D eigenvalue weighted by atomic mass is 10.2. The van der Waals surface area contributed by atoms with Gasteiger partial charge in [0.15, 0.2) is 0 Å². The molecule has 0 spiro atoms. The Kier molecular flexibility index (Phi) is 4.24. The minimum atomic E-state index is -3.85. The van der Waals surface area contributed by atoms with Crippen LogP contribution in [0.1, 0.15) is 5.56 Å². The van der Waals surface area contributed by atoms with Crippen molar-refractivity contribution in [2.75, 3.05) is 11.4 Å². The number of rotatable bonds is 4. The van der Waals surface area contributed by atoms with E-state index in [1.807, 2.05) is 0 Å². The molecule has 4 nitrogen and oxygen atoms in total. The quantitative estimate of drug-likeness (QED) is 0.877. The first-order valence-electron chi connectivity index (χ1n) is 5.97. The van der Waals surface area contributed by atoms with Crippen LogP contribution in [0.15, 0.2) is 53.4 Å². The van der Waals surface area contributed by atoms with Crippen molar-refractivity contribution in [3.05, 3.63) is 59.9 Å². The first-order valence-corrected chi connectivity index (χ1v) is 7.81. The van der Waals surface area contributed by atoms with Gasteiger partial charge in [0.1, 0.15) is 10.8 Å². The lowest BCUT2D eigenvalue weighted by Crippen LogP contribution is -2.27. The molecule has 0 heterocycles. The maximum Gasteiger partial charge on any atom is 0.264 e. The third-order valence-corrected chi connectivity index (χ3v) is 4.97. The van der Waals surface area contributed by atoms with Gasteiger partial charge in [-0.1, -0.05) is 30.4 Å². The summed E-state index contributed by atoms with van der Waals surface area (Å²) in [5, 5.41) is 0. The number of thiocarbonyl (C=S) groups is 1. The van der Waals surface area contributed by atoms with Gasteiger partial charge in [-0.25, -0.2) is 12.8 Å². The SMILES string of the molecule is CN(c1cccc(C(N)=S)c1)S(=O)(=O)c1cccc(F)c1. The van der Waals surface area contributed by atoms with E-state index in [-0.39, 0.29) is 9.88 Å². The first-order chi connectivity index (χ1) is 9.82. The van der Waals surface area contributed by atoms with Gasteiger partial charge in [0.2, 0.25) is 0 Å². The molecule has 0 aromatic heterocycles. The van der Waals surface area contributed by atoms with Crippen molar-refractivity contribution in [1.82, 2.24) is 0 Å². The van der Waals surface area contributed by atoms with Crippen molar-refractivity contribution in [1.29, 1.82) is 0 Å². The topological polar surface area (TPSA) is 63.4 Å². The molecule has 0 aliphatic rings. The molecule has 110 valence electrons. The van der Waals surface area contributed by atoms with Crippen molar-refractivity contribution in [2.24, 2.45) is 5.73 Å². The second-order valence-electron chi connectivity index (χ2n) is 4.34. The van der Waals surface area contributed by atoms with Gasteiger partial charge in [-0.3, -0.25) is 4.31 Å². The van der Waals surface area contributed by atoms with Crippen LogP contribution in [-0.4, -0.2) is 20.5 Å². The molecule has 21 heavy (non-hydrogen) atoms. The summed E-state index contributed by atoms with van der Waals surface area (Å²) in [6.07, 6.45) is 0. The van der Waals surface area contributed by atoms with E-state index in [0.717, 1.165) is 10.4 Å². The third-order valence-electron chi connectivity index (χ3n) is 2.95. The lowest BCUT2D eigenvalue weighted by molar-refractivity contribution is 0.589. The fourth-order valence-electron chi connectivity index (χ4n) is 1.78. The van der Waals surface area contributed by atoms with Crippen LogP contribution in [-0.2, 0) is 10.0 Å². The molecule has 0 amide bonds. The van der Waals surface area contributed by atoms with E-state index in [2.05, 4.69) is 0 Å². The van der Waals surface area contributed by atoms with Crippen LogP contribution in [0.25, 0.3) is 0 Å². The van der Waals surface area contributed by atoms with Crippen LogP contribution in [0.3, 0.4) is 0 Å². The Morgan fingerprint density at radius 2 is 1.86 bits per heavy atom. The summed E-state index contributed by atoms with van der Waals surface area (Å²) in [6.45, 7) is 0. The molecular formula is C14H13FN2O2S2. The Morgan fingerprint density at radius 1 is 1.19 bits per heavy atom. The number of halogens is 1. The fraction of sp³-hybridized carbons (Fsp3) is 0.0714. The molecule has 2 aromatic rings. The Labute approximate surface area is 128 Å². The van der Waals surface area contributed by atoms with Gasteiger partial charge in [0.25, 0.3) is 10.0 Å². The van der Waals surface area contributed by atoms with Crippen LogP contribution in [0, 0.1) is 5.82 Å². The molecule has 0 radical (unpaired) electrons. The van der Waals surface area contributed by atoms with E-state index in [0.29, 0.717) is 11.3 Å². The Hall–Kier alpha value is -1.99. The molecule has 0 atom stereocenters. The standard InChI is InChI=1S/C14H13FN2O2S2/c1-17(12-6-2-4-10(8-12)14(16)20)21(18,19)13-7-3-5-11(15)9-13/h2-9H,1H3,(H2,16,20). The maximum atomic E-state index is 13.2. The molecule has 0 bridgehead atoms. The van der Waals surface area contributed by atoms with Crippen molar-refractivity contribution in [3.63, 3.8) is 0 Å². The van der Waals surface area contributed by atoms with Gasteiger partial charge in [-0.05, 0) is 30.3 Å². The van der Waals surface area contributed by atoms with Crippen molar-refractivity contribution in [2.45, 2.75) is 4.90 Å². The van der Waals surface area contributed by atoms with Crippen molar-refractivity contribution < 1.29 is 12.8 Å². The van der Waals surface area contributed by atoms with E-state index in [1.165, 1.54) is 25.2 Å². The zero-order valence-corrected chi connectivity index (χ0v) is 12.8. The average molecular weight is 324 g/mol. The van der Waals surface area contributed by atoms with Gasteiger partial charge < -0.3 is 5.73 Å². The smallest absolute Gasteiger partial charge is 0.264 e. The predicted octanol–water partition coefficient (Wildman–Crippen LogP) is 2.29. The van der Waals surface area contributed by atoms with Crippen LogP contribution in [0.5, 0.6) is 0 Å². The van der Waals surface area contributed by atoms with Gasteiger partial charge in [-0.15, -0.1) is 0 Å². The summed E-state index contributed by atoms with van der Waals surface area (Å²) >= 11 is 4.87. The second-order valence-corrected chi connectivity index (χ2v) is 6.75. The highest BCUT2D eigenvalue weighted by atomic mass is 32.2. The summed E-state index contributed by atoms with van der Waals surface area (Å²) in [4.78, 5) is 0.0548. The van der Waals surface area contributed by atoms with Crippen LogP contribution in [0.2, 0.25) is 0 Å². The number of nitrogens with zero attached hydrogens (tertiary/aromatic N) is 1. The van der Waals surface area contributed by atoms with E-state index in [1.54, 1.807) is 24.3 Å². The van der Waals surface area contributed by atoms with E-state index in [9.17, 15) is 12.8 Å². The summed E-state index contributed by atoms with van der Waals surface area (Å²) in [7, 11) is -2.46. The number of nitrogens with two attached hydrogens (primary N) is 1. The van der Waals surface area contributed by atoms with Crippen molar-refractivity contribution in [3.8, 4) is 0 Å². The number of sulfonamides is 1. The first kappa shape index (κ1) is 15.4. The maximum absolute atomic E-state index is 13.2. The fourth-order valence-corrected chi connectivity index (χ4v) is 3.13. The Bertz CT molecular complexity index is 791. The molecule has 2 rings (SSSR count). The minimum absolute atomic E-state index is 0.120.